The minimum atomic E-state index is 0.0240. The van der Waals surface area contributed by atoms with Crippen molar-refractivity contribution in [2.24, 2.45) is 0 Å². The Kier molecular flexibility index (Phi) is 3.37. The Bertz CT molecular complexity index is 413. The molecule has 4 heteroatoms. The predicted octanol–water partition coefficient (Wildman–Crippen LogP) is 2.53. The number of nitrogens with zero attached hydrogens (tertiary/aromatic N) is 1. The van der Waals surface area contributed by atoms with Crippen molar-refractivity contribution in [3.05, 3.63) is 27.3 Å². The maximum Gasteiger partial charge on any atom is 0.253 e. The summed E-state index contributed by atoms with van der Waals surface area (Å²) in [6.45, 7) is 0. The highest BCUT2D eigenvalue weighted by atomic mass is 127. The highest BCUT2D eigenvalue weighted by molar-refractivity contribution is 14.1. The van der Waals surface area contributed by atoms with Crippen LogP contribution in [0.5, 0.6) is 5.75 Å². The third kappa shape index (κ3) is 2.66. The summed E-state index contributed by atoms with van der Waals surface area (Å²) in [4.78, 5) is 13.3. The number of carbonyl (C=O) groups is 1. The van der Waals surface area contributed by atoms with Crippen molar-refractivity contribution in [2.45, 2.75) is 18.9 Å². The Hall–Kier alpha value is -0.780. The Morgan fingerprint density at radius 3 is 2.62 bits per heavy atom. The van der Waals surface area contributed by atoms with Crippen molar-refractivity contribution in [3.8, 4) is 5.75 Å². The van der Waals surface area contributed by atoms with E-state index >= 15 is 0 Å². The second-order valence-electron chi connectivity index (χ2n) is 4.16. The summed E-state index contributed by atoms with van der Waals surface area (Å²) < 4.78 is 6.72. The van der Waals surface area contributed by atoms with Crippen molar-refractivity contribution in [1.29, 1.82) is 0 Å². The standard InChI is InChI=1S/C12H14INO2/c1-14(2)12(15)8-3-6-11(10(13)7-8)16-9-4-5-9/h3,6-7,9H,4-5H2,1-2H3. The fourth-order valence-corrected chi connectivity index (χ4v) is 2.00. The minimum Gasteiger partial charge on any atom is -0.489 e. The zero-order chi connectivity index (χ0) is 11.7. The molecule has 1 aliphatic carbocycles. The molecule has 1 aliphatic rings. The molecule has 1 aromatic carbocycles. The van der Waals surface area contributed by atoms with Crippen LogP contribution < -0.4 is 4.74 Å². The van der Waals surface area contributed by atoms with E-state index in [9.17, 15) is 4.79 Å². The molecule has 0 radical (unpaired) electrons. The highest BCUT2D eigenvalue weighted by Crippen LogP contribution is 2.30. The molecule has 0 aliphatic heterocycles. The minimum absolute atomic E-state index is 0.0240. The van der Waals surface area contributed by atoms with Crippen LogP contribution in [0.3, 0.4) is 0 Å². The first-order valence-electron chi connectivity index (χ1n) is 5.26. The van der Waals surface area contributed by atoms with E-state index in [4.69, 9.17) is 4.74 Å². The molecule has 0 spiro atoms. The summed E-state index contributed by atoms with van der Waals surface area (Å²) in [7, 11) is 3.51. The van der Waals surface area contributed by atoms with E-state index in [-0.39, 0.29) is 5.91 Å². The SMILES string of the molecule is CN(C)C(=O)c1ccc(OC2CC2)c(I)c1. The van der Waals surface area contributed by atoms with Crippen molar-refractivity contribution in [2.75, 3.05) is 14.1 Å². The maximum atomic E-state index is 11.7. The molecule has 1 fully saturated rings. The number of benzene rings is 1. The molecule has 0 aromatic heterocycles. The van der Waals surface area contributed by atoms with Crippen molar-refractivity contribution < 1.29 is 9.53 Å². The van der Waals surface area contributed by atoms with Gasteiger partial charge in [-0.25, -0.2) is 0 Å². The average Bonchev–Trinajstić information content (AvgIpc) is 3.03. The summed E-state index contributed by atoms with van der Waals surface area (Å²) in [5, 5.41) is 0. The van der Waals surface area contributed by atoms with Crippen LogP contribution in [0.15, 0.2) is 18.2 Å². The van der Waals surface area contributed by atoms with Crippen LogP contribution in [0, 0.1) is 3.57 Å². The Morgan fingerprint density at radius 2 is 2.12 bits per heavy atom. The van der Waals surface area contributed by atoms with Crippen LogP contribution >= 0.6 is 22.6 Å². The van der Waals surface area contributed by atoms with Gasteiger partial charge in [0.05, 0.1) is 9.67 Å². The lowest BCUT2D eigenvalue weighted by Gasteiger charge is -2.12. The molecule has 86 valence electrons. The van der Waals surface area contributed by atoms with Crippen molar-refractivity contribution in [1.82, 2.24) is 4.90 Å². The van der Waals surface area contributed by atoms with Gasteiger partial charge in [0.25, 0.3) is 5.91 Å². The van der Waals surface area contributed by atoms with Gasteiger partial charge in [-0.2, -0.15) is 0 Å². The molecule has 0 unspecified atom stereocenters. The number of hydrogen-bond donors (Lipinski definition) is 0. The second kappa shape index (κ2) is 4.61. The summed E-state index contributed by atoms with van der Waals surface area (Å²) in [6.07, 6.45) is 2.69. The quantitative estimate of drug-likeness (QED) is 0.797. The number of amides is 1. The lowest BCUT2D eigenvalue weighted by Crippen LogP contribution is -2.21. The summed E-state index contributed by atoms with van der Waals surface area (Å²) in [6, 6.07) is 5.58. The van der Waals surface area contributed by atoms with E-state index < -0.39 is 0 Å². The van der Waals surface area contributed by atoms with E-state index in [0.717, 1.165) is 22.2 Å². The molecule has 0 bridgehead atoms. The molecule has 16 heavy (non-hydrogen) atoms. The largest absolute Gasteiger partial charge is 0.489 e. The monoisotopic (exact) mass is 331 g/mol. The fraction of sp³-hybridized carbons (Fsp3) is 0.417. The van der Waals surface area contributed by atoms with Crippen LogP contribution in [0.25, 0.3) is 0 Å². The van der Waals surface area contributed by atoms with Gasteiger partial charge in [-0.05, 0) is 53.6 Å². The topological polar surface area (TPSA) is 29.5 Å². The van der Waals surface area contributed by atoms with E-state index in [0.29, 0.717) is 11.7 Å². The average molecular weight is 331 g/mol. The fourth-order valence-electron chi connectivity index (χ4n) is 1.35. The summed E-state index contributed by atoms with van der Waals surface area (Å²) in [5.74, 6) is 0.911. The number of rotatable bonds is 3. The number of hydrogen-bond acceptors (Lipinski definition) is 2. The normalized spacial score (nSPS) is 14.7. The first-order chi connectivity index (χ1) is 7.58. The number of halogens is 1. The molecular weight excluding hydrogens is 317 g/mol. The summed E-state index contributed by atoms with van der Waals surface area (Å²) in [5.41, 5.74) is 0.706. The van der Waals surface area contributed by atoms with Gasteiger partial charge in [0, 0.05) is 19.7 Å². The zero-order valence-electron chi connectivity index (χ0n) is 9.37. The Labute approximate surface area is 109 Å². The van der Waals surface area contributed by atoms with E-state index in [1.807, 2.05) is 18.2 Å². The van der Waals surface area contributed by atoms with Gasteiger partial charge in [0.1, 0.15) is 5.75 Å². The molecule has 0 N–H and O–H groups in total. The van der Waals surface area contributed by atoms with Gasteiger partial charge in [-0.15, -0.1) is 0 Å². The van der Waals surface area contributed by atoms with E-state index in [1.54, 1.807) is 19.0 Å². The van der Waals surface area contributed by atoms with Crippen molar-refractivity contribution >= 4 is 28.5 Å². The molecule has 1 amide bonds. The number of carbonyl (C=O) groups excluding carboxylic acids is 1. The van der Waals surface area contributed by atoms with Crippen LogP contribution in [-0.2, 0) is 0 Å². The molecule has 0 atom stereocenters. The lowest BCUT2D eigenvalue weighted by molar-refractivity contribution is 0.0827. The molecule has 1 aromatic rings. The maximum absolute atomic E-state index is 11.7. The van der Waals surface area contributed by atoms with Gasteiger partial charge in [0.2, 0.25) is 0 Å². The molecule has 0 heterocycles. The van der Waals surface area contributed by atoms with Crippen LogP contribution in [0.1, 0.15) is 23.2 Å². The third-order valence-electron chi connectivity index (χ3n) is 2.40. The summed E-state index contributed by atoms with van der Waals surface area (Å²) >= 11 is 2.21. The lowest BCUT2D eigenvalue weighted by atomic mass is 10.2. The molecule has 0 saturated heterocycles. The second-order valence-corrected chi connectivity index (χ2v) is 5.32. The van der Waals surface area contributed by atoms with Crippen LogP contribution in [0.4, 0.5) is 0 Å². The predicted molar refractivity (Wildman–Crippen MR) is 70.8 cm³/mol. The molecular formula is C12H14INO2. The van der Waals surface area contributed by atoms with Crippen molar-refractivity contribution in [3.63, 3.8) is 0 Å². The Morgan fingerprint density at radius 1 is 1.44 bits per heavy atom. The van der Waals surface area contributed by atoms with Gasteiger partial charge in [0.15, 0.2) is 0 Å². The van der Waals surface area contributed by atoms with Gasteiger partial charge in [-0.3, -0.25) is 4.79 Å². The van der Waals surface area contributed by atoms with Crippen LogP contribution in [-0.4, -0.2) is 31.0 Å². The van der Waals surface area contributed by atoms with E-state index in [2.05, 4.69) is 22.6 Å². The Balaban J connectivity index is 2.17. The van der Waals surface area contributed by atoms with Gasteiger partial charge < -0.3 is 9.64 Å². The zero-order valence-corrected chi connectivity index (χ0v) is 11.5. The van der Waals surface area contributed by atoms with E-state index in [1.165, 1.54) is 0 Å². The highest BCUT2D eigenvalue weighted by Gasteiger charge is 2.24. The van der Waals surface area contributed by atoms with Crippen LogP contribution in [0.2, 0.25) is 0 Å². The molecule has 1 saturated carbocycles. The smallest absolute Gasteiger partial charge is 0.253 e. The van der Waals surface area contributed by atoms with Gasteiger partial charge >= 0.3 is 0 Å². The molecule has 2 rings (SSSR count). The first kappa shape index (κ1) is 11.7. The molecule has 3 nitrogen and oxygen atoms in total. The number of ether oxygens (including phenoxy) is 1. The first-order valence-corrected chi connectivity index (χ1v) is 6.33. The van der Waals surface area contributed by atoms with Gasteiger partial charge in [-0.1, -0.05) is 0 Å². The third-order valence-corrected chi connectivity index (χ3v) is 3.25.